The number of hydrogen-bond donors (Lipinski definition) is 3. The lowest BCUT2D eigenvalue weighted by Gasteiger charge is -2.47. The third-order valence-corrected chi connectivity index (χ3v) is 8.76. The van der Waals surface area contributed by atoms with E-state index in [1.165, 1.54) is 0 Å². The molecule has 0 aromatic carbocycles. The van der Waals surface area contributed by atoms with E-state index >= 15 is 0 Å². The molecule has 0 amide bonds. The second kappa shape index (κ2) is 4.85. The molecule has 4 aliphatic heterocycles. The van der Waals surface area contributed by atoms with Crippen LogP contribution in [0.1, 0.15) is 27.7 Å². The summed E-state index contributed by atoms with van der Waals surface area (Å²) in [7, 11) is 0. The van der Waals surface area contributed by atoms with Crippen LogP contribution < -0.4 is 0 Å². The van der Waals surface area contributed by atoms with Gasteiger partial charge < -0.3 is 34.3 Å². The van der Waals surface area contributed by atoms with Crippen molar-refractivity contribution in [2.75, 3.05) is 0 Å². The first-order valence-electron chi connectivity index (χ1n) is 10.2. The van der Waals surface area contributed by atoms with E-state index in [4.69, 9.17) is 18.9 Å². The first kappa shape index (κ1) is 19.0. The lowest BCUT2D eigenvalue weighted by Crippen LogP contribution is -2.63. The third kappa shape index (κ3) is 1.40. The molecular formula is C20H24O10. The van der Waals surface area contributed by atoms with E-state index < -0.39 is 94.3 Å². The highest BCUT2D eigenvalue weighted by Crippen LogP contribution is 2.83. The molecule has 0 aromatic rings. The fourth-order valence-electron chi connectivity index (χ4n) is 8.28. The van der Waals surface area contributed by atoms with Gasteiger partial charge in [-0.15, -0.1) is 0 Å². The van der Waals surface area contributed by atoms with Gasteiger partial charge in [0, 0.05) is 5.92 Å². The monoisotopic (exact) mass is 424 g/mol. The summed E-state index contributed by atoms with van der Waals surface area (Å²) in [6, 6.07) is 0. The van der Waals surface area contributed by atoms with Crippen LogP contribution in [0.15, 0.2) is 0 Å². The van der Waals surface area contributed by atoms with Gasteiger partial charge >= 0.3 is 17.9 Å². The summed E-state index contributed by atoms with van der Waals surface area (Å²) in [6.45, 7) is 7.05. The first-order valence-corrected chi connectivity index (χ1v) is 10.2. The van der Waals surface area contributed by atoms with Crippen LogP contribution in [0.3, 0.4) is 0 Å². The molecule has 6 aliphatic rings. The maximum Gasteiger partial charge on any atom is 0.340 e. The Morgan fingerprint density at radius 3 is 2.27 bits per heavy atom. The second-order valence-corrected chi connectivity index (χ2v) is 10.6. The fraction of sp³-hybridized carbons (Fsp3) is 0.850. The maximum atomic E-state index is 13.3. The number of aliphatic hydroxyl groups is 3. The largest absolute Gasteiger partial charge is 0.459 e. The number of hydrogen-bond acceptors (Lipinski definition) is 10. The molecule has 30 heavy (non-hydrogen) atoms. The molecule has 4 heterocycles. The van der Waals surface area contributed by atoms with Crippen molar-refractivity contribution in [2.45, 2.75) is 70.1 Å². The summed E-state index contributed by atoms with van der Waals surface area (Å²) in [5.74, 6) is -4.90. The van der Waals surface area contributed by atoms with Gasteiger partial charge in [0.25, 0.3) is 0 Å². The smallest absolute Gasteiger partial charge is 0.340 e. The van der Waals surface area contributed by atoms with Crippen LogP contribution in [-0.2, 0) is 33.3 Å². The summed E-state index contributed by atoms with van der Waals surface area (Å²) in [4.78, 5) is 38.2. The molecule has 164 valence electrons. The van der Waals surface area contributed by atoms with Crippen LogP contribution in [0, 0.1) is 34.0 Å². The molecule has 4 saturated heterocycles. The van der Waals surface area contributed by atoms with Crippen molar-refractivity contribution >= 4 is 17.9 Å². The van der Waals surface area contributed by atoms with Crippen molar-refractivity contribution in [3.8, 4) is 0 Å². The Morgan fingerprint density at radius 1 is 0.967 bits per heavy atom. The Balaban J connectivity index is 1.71. The van der Waals surface area contributed by atoms with E-state index in [1.54, 1.807) is 6.92 Å². The highest BCUT2D eigenvalue weighted by atomic mass is 16.7. The van der Waals surface area contributed by atoms with Gasteiger partial charge in [0.15, 0.2) is 11.7 Å². The van der Waals surface area contributed by atoms with Gasteiger partial charge in [-0.3, -0.25) is 4.79 Å². The van der Waals surface area contributed by atoms with Gasteiger partial charge in [0.2, 0.25) is 6.29 Å². The van der Waals surface area contributed by atoms with E-state index in [9.17, 15) is 29.7 Å². The summed E-state index contributed by atoms with van der Waals surface area (Å²) in [5, 5.41) is 34.2. The first-order chi connectivity index (χ1) is 13.9. The van der Waals surface area contributed by atoms with Crippen molar-refractivity contribution in [2.24, 2.45) is 34.0 Å². The lowest BCUT2D eigenvalue weighted by atomic mass is 9.51. The van der Waals surface area contributed by atoms with Crippen molar-refractivity contribution in [1.82, 2.24) is 0 Å². The molecule has 3 N–H and O–H groups in total. The van der Waals surface area contributed by atoms with Crippen molar-refractivity contribution in [3.05, 3.63) is 0 Å². The van der Waals surface area contributed by atoms with Crippen molar-refractivity contribution in [3.63, 3.8) is 0 Å². The standard InChI is InChI=1S/C20H24O10/c1-5-6-8(27-13(5)24)10(22)19-12-7(21)9(17(2,3)4)18(19)11(23)14(25)29-16(18)30-20(6,19)15(26)28-12/h5-12,16,21-23H,1-4H3/t5-,6?,7+,8+,9-,10+,11-,12+,16-,18-,19+,20+/m0/s1. The SMILES string of the molecule is C[C@@H]1C(=O)O[C@@H]2C1[C@@]13O[C@@H]4OC(=O)[C@H](O)[C@@]45[C@H](C(C)(C)C)[C@@H](O)[C@@H](OC1=O)[C@]53[C@@H]2O. The molecule has 2 spiro atoms. The third-order valence-electron chi connectivity index (χ3n) is 8.76. The molecule has 2 saturated carbocycles. The van der Waals surface area contributed by atoms with E-state index in [0.717, 1.165) is 0 Å². The molecule has 1 unspecified atom stereocenters. The van der Waals surface area contributed by atoms with Crippen LogP contribution in [0.4, 0.5) is 0 Å². The normalized spacial score (nSPS) is 60.1. The summed E-state index contributed by atoms with van der Waals surface area (Å²) >= 11 is 0. The van der Waals surface area contributed by atoms with Crippen LogP contribution >= 0.6 is 0 Å². The van der Waals surface area contributed by atoms with Crippen LogP contribution in [0.5, 0.6) is 0 Å². The maximum absolute atomic E-state index is 13.3. The van der Waals surface area contributed by atoms with E-state index in [-0.39, 0.29) is 0 Å². The Hall–Kier alpha value is -1.75. The van der Waals surface area contributed by atoms with Crippen LogP contribution in [-0.4, -0.2) is 75.6 Å². The van der Waals surface area contributed by atoms with Gasteiger partial charge in [-0.05, 0) is 5.41 Å². The molecule has 6 rings (SSSR count). The number of aliphatic hydroxyl groups excluding tert-OH is 3. The topological polar surface area (TPSA) is 149 Å². The predicted octanol–water partition coefficient (Wildman–Crippen LogP) is -1.51. The highest BCUT2D eigenvalue weighted by molar-refractivity contribution is 5.92. The number of esters is 3. The minimum absolute atomic E-state index is 0.581. The number of ether oxygens (including phenoxy) is 4. The zero-order valence-corrected chi connectivity index (χ0v) is 16.9. The molecule has 6 fully saturated rings. The van der Waals surface area contributed by atoms with Gasteiger partial charge in [0.1, 0.15) is 18.3 Å². The zero-order chi connectivity index (χ0) is 21.8. The number of carbonyl (C=O) groups is 3. The van der Waals surface area contributed by atoms with Crippen molar-refractivity contribution in [1.29, 1.82) is 0 Å². The van der Waals surface area contributed by atoms with Gasteiger partial charge in [-0.1, -0.05) is 27.7 Å². The van der Waals surface area contributed by atoms with Gasteiger partial charge in [-0.2, -0.15) is 0 Å². The van der Waals surface area contributed by atoms with Crippen LogP contribution in [0.2, 0.25) is 0 Å². The fourth-order valence-corrected chi connectivity index (χ4v) is 8.28. The summed E-state index contributed by atoms with van der Waals surface area (Å²) in [5.41, 5.74) is -5.96. The van der Waals surface area contributed by atoms with E-state index in [1.807, 2.05) is 20.8 Å². The Kier molecular flexibility index (Phi) is 3.06. The number of rotatable bonds is 0. The molecule has 0 radical (unpaired) electrons. The summed E-state index contributed by atoms with van der Waals surface area (Å²) in [6.07, 6.45) is -8.29. The van der Waals surface area contributed by atoms with E-state index in [0.29, 0.717) is 0 Å². The average molecular weight is 424 g/mol. The molecule has 0 aromatic heterocycles. The second-order valence-electron chi connectivity index (χ2n) is 10.6. The predicted molar refractivity (Wildman–Crippen MR) is 91.9 cm³/mol. The Morgan fingerprint density at radius 2 is 1.63 bits per heavy atom. The molecule has 10 nitrogen and oxygen atoms in total. The van der Waals surface area contributed by atoms with Crippen LogP contribution in [0.25, 0.3) is 0 Å². The molecule has 0 bridgehead atoms. The Labute approximate surface area is 171 Å². The summed E-state index contributed by atoms with van der Waals surface area (Å²) < 4.78 is 22.7. The molecule has 2 aliphatic carbocycles. The minimum atomic E-state index is -1.89. The number of fused-ring (bicyclic) bond motifs is 1. The Bertz CT molecular complexity index is 910. The average Bonchev–Trinajstić information content (AvgIpc) is 3.34. The molecule has 10 heteroatoms. The zero-order valence-electron chi connectivity index (χ0n) is 16.9. The molecular weight excluding hydrogens is 400 g/mol. The van der Waals surface area contributed by atoms with Crippen molar-refractivity contribution < 1.29 is 48.7 Å². The lowest BCUT2D eigenvalue weighted by molar-refractivity contribution is -0.208. The number of carbonyl (C=O) groups excluding carboxylic acids is 3. The molecule has 12 atom stereocenters. The highest BCUT2D eigenvalue weighted by Gasteiger charge is 3.01. The van der Waals surface area contributed by atoms with Gasteiger partial charge in [-0.25, -0.2) is 9.59 Å². The quantitative estimate of drug-likeness (QED) is 0.309. The minimum Gasteiger partial charge on any atom is -0.459 e. The van der Waals surface area contributed by atoms with Gasteiger partial charge in [0.05, 0.1) is 28.8 Å². The van der Waals surface area contributed by atoms with E-state index in [2.05, 4.69) is 0 Å².